The highest BCUT2D eigenvalue weighted by atomic mass is 16.3. The van der Waals surface area contributed by atoms with Crippen molar-refractivity contribution in [1.29, 1.82) is 0 Å². The van der Waals surface area contributed by atoms with E-state index in [9.17, 15) is 14.7 Å². The molecule has 1 heterocycles. The normalized spacial score (nSPS) is 12.1. The van der Waals surface area contributed by atoms with Crippen molar-refractivity contribution in [3.63, 3.8) is 0 Å². The maximum atomic E-state index is 12.7. The first-order valence-corrected chi connectivity index (χ1v) is 8.18. The number of aliphatic hydroxyl groups is 1. The van der Waals surface area contributed by atoms with Crippen LogP contribution in [0.1, 0.15) is 22.8 Å². The number of fused-ring (bicyclic) bond motifs is 1. The number of aromatic nitrogens is 1. The number of amides is 1. The monoisotopic (exact) mass is 336 g/mol. The molecule has 0 saturated carbocycles. The second-order valence-electron chi connectivity index (χ2n) is 6.06. The van der Waals surface area contributed by atoms with Gasteiger partial charge in [-0.15, -0.1) is 0 Å². The van der Waals surface area contributed by atoms with Crippen LogP contribution in [0.15, 0.2) is 65.6 Å². The summed E-state index contributed by atoms with van der Waals surface area (Å²) in [4.78, 5) is 25.1. The van der Waals surface area contributed by atoms with Gasteiger partial charge in [-0.1, -0.05) is 42.5 Å². The van der Waals surface area contributed by atoms with Crippen LogP contribution in [0.4, 0.5) is 0 Å². The van der Waals surface area contributed by atoms with Gasteiger partial charge in [0.15, 0.2) is 0 Å². The molecule has 3 aromatic rings. The van der Waals surface area contributed by atoms with Crippen LogP contribution < -0.4 is 10.7 Å². The van der Waals surface area contributed by atoms with Crippen molar-refractivity contribution >= 4 is 16.8 Å². The topological polar surface area (TPSA) is 71.3 Å². The van der Waals surface area contributed by atoms with E-state index in [1.165, 1.54) is 0 Å². The number of pyridine rings is 1. The van der Waals surface area contributed by atoms with Gasteiger partial charge in [0, 0.05) is 24.7 Å². The molecular formula is C20H20N2O3. The van der Waals surface area contributed by atoms with Gasteiger partial charge in [0.1, 0.15) is 5.56 Å². The maximum absolute atomic E-state index is 12.7. The summed E-state index contributed by atoms with van der Waals surface area (Å²) in [6.45, 7) is 2.23. The largest absolute Gasteiger partial charge is 0.392 e. The van der Waals surface area contributed by atoms with E-state index in [4.69, 9.17) is 0 Å². The minimum absolute atomic E-state index is 0.0790. The van der Waals surface area contributed by atoms with Crippen LogP contribution in [-0.4, -0.2) is 28.2 Å². The third-order valence-electron chi connectivity index (χ3n) is 3.99. The first-order chi connectivity index (χ1) is 12.1. The molecule has 1 unspecified atom stereocenters. The number of hydrogen-bond donors (Lipinski definition) is 2. The Bertz CT molecular complexity index is 946. The molecule has 0 fully saturated rings. The van der Waals surface area contributed by atoms with Gasteiger partial charge in [-0.3, -0.25) is 9.59 Å². The molecule has 2 N–H and O–H groups in total. The Morgan fingerprint density at radius 1 is 1.12 bits per heavy atom. The van der Waals surface area contributed by atoms with Crippen molar-refractivity contribution in [2.75, 3.05) is 6.54 Å². The molecule has 5 nitrogen and oxygen atoms in total. The molecule has 0 aliphatic carbocycles. The summed E-state index contributed by atoms with van der Waals surface area (Å²) in [7, 11) is 0. The second kappa shape index (κ2) is 7.32. The zero-order chi connectivity index (χ0) is 17.8. The summed E-state index contributed by atoms with van der Waals surface area (Å²) in [5.74, 6) is -0.474. The van der Waals surface area contributed by atoms with Gasteiger partial charge in [0.25, 0.3) is 5.91 Å². The molecule has 0 aliphatic heterocycles. The first-order valence-electron chi connectivity index (χ1n) is 8.18. The highest BCUT2D eigenvalue weighted by Crippen LogP contribution is 2.14. The summed E-state index contributed by atoms with van der Waals surface area (Å²) in [6, 6.07) is 17.1. The fraction of sp³-hybridized carbons (Fsp3) is 0.200. The summed E-state index contributed by atoms with van der Waals surface area (Å²) in [5, 5.41) is 12.4. The Labute approximate surface area is 145 Å². The van der Waals surface area contributed by atoms with Gasteiger partial charge in [-0.25, -0.2) is 0 Å². The molecule has 1 amide bonds. The first kappa shape index (κ1) is 16.9. The van der Waals surface area contributed by atoms with Gasteiger partial charge in [0.2, 0.25) is 5.43 Å². The Balaban J connectivity index is 2.07. The predicted molar refractivity (Wildman–Crippen MR) is 97.8 cm³/mol. The van der Waals surface area contributed by atoms with Crippen LogP contribution in [0.3, 0.4) is 0 Å². The van der Waals surface area contributed by atoms with E-state index >= 15 is 0 Å². The Hall–Kier alpha value is -2.92. The average Bonchev–Trinajstić information content (AvgIpc) is 2.63. The molecule has 1 atom stereocenters. The average molecular weight is 336 g/mol. The third kappa shape index (κ3) is 3.78. The smallest absolute Gasteiger partial charge is 0.256 e. The van der Waals surface area contributed by atoms with Gasteiger partial charge in [-0.05, 0) is 24.6 Å². The summed E-state index contributed by atoms with van der Waals surface area (Å²) < 4.78 is 1.91. The highest BCUT2D eigenvalue weighted by molar-refractivity contribution is 5.97. The lowest BCUT2D eigenvalue weighted by molar-refractivity contribution is 0.0922. The van der Waals surface area contributed by atoms with E-state index in [1.807, 2.05) is 47.0 Å². The molecule has 1 aromatic heterocycles. The van der Waals surface area contributed by atoms with Gasteiger partial charge < -0.3 is 15.0 Å². The van der Waals surface area contributed by atoms with E-state index in [0.29, 0.717) is 11.9 Å². The van der Waals surface area contributed by atoms with Crippen molar-refractivity contribution in [3.8, 4) is 0 Å². The number of benzene rings is 2. The van der Waals surface area contributed by atoms with Crippen LogP contribution in [0.2, 0.25) is 0 Å². The van der Waals surface area contributed by atoms with Gasteiger partial charge in [0.05, 0.1) is 11.6 Å². The second-order valence-corrected chi connectivity index (χ2v) is 6.06. The Morgan fingerprint density at radius 2 is 1.80 bits per heavy atom. The number of aliphatic hydroxyl groups excluding tert-OH is 1. The molecule has 5 heteroatoms. The number of carbonyl (C=O) groups excluding carboxylic acids is 1. The molecule has 0 spiro atoms. The van der Waals surface area contributed by atoms with Crippen LogP contribution in [0.5, 0.6) is 0 Å². The standard InChI is InChI=1S/C20H20N2O3/c1-14(23)11-21-20(25)17-13-22(12-15-7-3-2-4-8-15)18-10-6-5-9-16(18)19(17)24/h2-10,13-14,23H,11-12H2,1H3,(H,21,25). The SMILES string of the molecule is CC(O)CNC(=O)c1cn(Cc2ccccc2)c2ccccc2c1=O. The van der Waals surface area contributed by atoms with Gasteiger partial charge in [-0.2, -0.15) is 0 Å². The van der Waals surface area contributed by atoms with E-state index in [-0.39, 0.29) is 17.5 Å². The van der Waals surface area contributed by atoms with E-state index in [1.54, 1.807) is 25.3 Å². The zero-order valence-corrected chi connectivity index (χ0v) is 14.0. The van der Waals surface area contributed by atoms with Crippen molar-refractivity contribution in [2.24, 2.45) is 0 Å². The molecule has 0 saturated heterocycles. The summed E-state index contributed by atoms with van der Waals surface area (Å²) in [5.41, 5.74) is 1.63. The number of hydrogen-bond acceptors (Lipinski definition) is 3. The fourth-order valence-electron chi connectivity index (χ4n) is 2.75. The van der Waals surface area contributed by atoms with Crippen molar-refractivity contribution in [3.05, 3.63) is 82.1 Å². The van der Waals surface area contributed by atoms with Crippen LogP contribution in [-0.2, 0) is 6.54 Å². The van der Waals surface area contributed by atoms with E-state index < -0.39 is 12.0 Å². The van der Waals surface area contributed by atoms with Crippen molar-refractivity contribution < 1.29 is 9.90 Å². The van der Waals surface area contributed by atoms with Crippen LogP contribution >= 0.6 is 0 Å². The van der Waals surface area contributed by atoms with Crippen LogP contribution in [0.25, 0.3) is 10.9 Å². The number of nitrogens with one attached hydrogen (secondary N) is 1. The molecule has 2 aromatic carbocycles. The Kier molecular flexibility index (Phi) is 4.95. The zero-order valence-electron chi connectivity index (χ0n) is 14.0. The quantitative estimate of drug-likeness (QED) is 0.750. The molecule has 0 bridgehead atoms. The molecule has 3 rings (SSSR count). The lowest BCUT2D eigenvalue weighted by atomic mass is 10.1. The minimum atomic E-state index is -0.670. The minimum Gasteiger partial charge on any atom is -0.392 e. The number of rotatable bonds is 5. The predicted octanol–water partition coefficient (Wildman–Crippen LogP) is 2.16. The summed E-state index contributed by atoms with van der Waals surface area (Å²) in [6.07, 6.45) is 0.922. The van der Waals surface area contributed by atoms with Crippen LogP contribution in [0, 0.1) is 0 Å². The third-order valence-corrected chi connectivity index (χ3v) is 3.99. The fourth-order valence-corrected chi connectivity index (χ4v) is 2.75. The molecule has 0 radical (unpaired) electrons. The molecule has 128 valence electrons. The Morgan fingerprint density at radius 3 is 2.52 bits per heavy atom. The molecule has 25 heavy (non-hydrogen) atoms. The van der Waals surface area contributed by atoms with Crippen molar-refractivity contribution in [2.45, 2.75) is 19.6 Å². The highest BCUT2D eigenvalue weighted by Gasteiger charge is 2.15. The lowest BCUT2D eigenvalue weighted by Crippen LogP contribution is -2.34. The van der Waals surface area contributed by atoms with E-state index in [2.05, 4.69) is 5.32 Å². The van der Waals surface area contributed by atoms with Gasteiger partial charge >= 0.3 is 0 Å². The molecular weight excluding hydrogens is 316 g/mol. The number of carbonyl (C=O) groups is 1. The number of nitrogens with zero attached hydrogens (tertiary/aromatic N) is 1. The number of para-hydroxylation sites is 1. The maximum Gasteiger partial charge on any atom is 0.256 e. The van der Waals surface area contributed by atoms with Crippen molar-refractivity contribution in [1.82, 2.24) is 9.88 Å². The summed E-state index contributed by atoms with van der Waals surface area (Å²) >= 11 is 0. The molecule has 0 aliphatic rings. The lowest BCUT2D eigenvalue weighted by Gasteiger charge is -2.14. The van der Waals surface area contributed by atoms with E-state index in [0.717, 1.165) is 11.1 Å².